The molecule has 1 saturated heterocycles. The van der Waals surface area contributed by atoms with Crippen molar-refractivity contribution in [3.63, 3.8) is 0 Å². The van der Waals surface area contributed by atoms with Gasteiger partial charge in [-0.1, -0.05) is 37.3 Å². The molecule has 1 aliphatic heterocycles. The Hall–Kier alpha value is -1.84. The van der Waals surface area contributed by atoms with Crippen molar-refractivity contribution in [1.29, 1.82) is 0 Å². The molecule has 0 N–H and O–H groups in total. The molecule has 0 unspecified atom stereocenters. The molecule has 1 fully saturated rings. The van der Waals surface area contributed by atoms with Crippen LogP contribution in [0.4, 0.5) is 0 Å². The Balaban J connectivity index is 1.99. The first-order chi connectivity index (χ1) is 10.5. The van der Waals surface area contributed by atoms with Gasteiger partial charge in [-0.3, -0.25) is 9.59 Å². The summed E-state index contributed by atoms with van der Waals surface area (Å²) in [4.78, 5) is 28.5. The number of carbonyl (C=O) groups excluding carboxylic acids is 2. The van der Waals surface area contributed by atoms with Crippen LogP contribution in [0.25, 0.3) is 0 Å². The van der Waals surface area contributed by atoms with Crippen LogP contribution in [0.3, 0.4) is 0 Å². The fraction of sp³-hybridized carbons (Fsp3) is 0.556. The predicted octanol–water partition coefficient (Wildman–Crippen LogP) is 2.44. The molecule has 2 amide bonds. The Morgan fingerprint density at radius 3 is 2.09 bits per heavy atom. The summed E-state index contributed by atoms with van der Waals surface area (Å²) in [6.45, 7) is 8.51. The van der Waals surface area contributed by atoms with Crippen molar-refractivity contribution in [3.05, 3.63) is 35.9 Å². The van der Waals surface area contributed by atoms with Gasteiger partial charge in [-0.2, -0.15) is 0 Å². The minimum atomic E-state index is -0.531. The summed E-state index contributed by atoms with van der Waals surface area (Å²) < 4.78 is 0. The second kappa shape index (κ2) is 6.95. The van der Waals surface area contributed by atoms with Crippen LogP contribution in [0.1, 0.15) is 39.2 Å². The topological polar surface area (TPSA) is 40.6 Å². The van der Waals surface area contributed by atoms with Gasteiger partial charge in [0.1, 0.15) is 0 Å². The van der Waals surface area contributed by atoms with Crippen molar-refractivity contribution in [2.75, 3.05) is 26.2 Å². The predicted molar refractivity (Wildman–Crippen MR) is 87.5 cm³/mol. The van der Waals surface area contributed by atoms with E-state index in [0.717, 1.165) is 12.0 Å². The molecule has 0 atom stereocenters. The van der Waals surface area contributed by atoms with E-state index in [-0.39, 0.29) is 11.8 Å². The molecule has 22 heavy (non-hydrogen) atoms. The van der Waals surface area contributed by atoms with Crippen LogP contribution < -0.4 is 0 Å². The van der Waals surface area contributed by atoms with E-state index in [1.807, 2.05) is 60.9 Å². The highest BCUT2D eigenvalue weighted by molar-refractivity contribution is 5.87. The van der Waals surface area contributed by atoms with Crippen molar-refractivity contribution in [1.82, 2.24) is 9.80 Å². The second-order valence-corrected chi connectivity index (χ2v) is 6.41. The zero-order valence-corrected chi connectivity index (χ0v) is 13.8. The minimum absolute atomic E-state index is 0.140. The molecule has 0 aromatic heterocycles. The Kier molecular flexibility index (Phi) is 5.22. The van der Waals surface area contributed by atoms with Gasteiger partial charge < -0.3 is 9.80 Å². The molecule has 4 heteroatoms. The summed E-state index contributed by atoms with van der Waals surface area (Å²) >= 11 is 0. The maximum atomic E-state index is 12.8. The first-order valence-electron chi connectivity index (χ1n) is 8.09. The molecule has 1 aromatic rings. The maximum absolute atomic E-state index is 12.8. The van der Waals surface area contributed by atoms with E-state index in [2.05, 4.69) is 0 Å². The number of piperazine rings is 1. The third-order valence-corrected chi connectivity index (χ3v) is 4.41. The lowest BCUT2D eigenvalue weighted by molar-refractivity contribution is -0.142. The number of rotatable bonds is 4. The van der Waals surface area contributed by atoms with Gasteiger partial charge in [-0.15, -0.1) is 0 Å². The van der Waals surface area contributed by atoms with Gasteiger partial charge in [-0.05, 0) is 25.8 Å². The van der Waals surface area contributed by atoms with E-state index in [0.29, 0.717) is 32.6 Å². The smallest absolute Gasteiger partial charge is 0.232 e. The zero-order chi connectivity index (χ0) is 16.2. The Morgan fingerprint density at radius 2 is 1.55 bits per heavy atom. The molecule has 0 saturated carbocycles. The molecule has 0 radical (unpaired) electrons. The Labute approximate surface area is 133 Å². The maximum Gasteiger partial charge on any atom is 0.232 e. The van der Waals surface area contributed by atoms with Crippen molar-refractivity contribution >= 4 is 11.8 Å². The summed E-state index contributed by atoms with van der Waals surface area (Å²) in [6, 6.07) is 9.89. The molecule has 4 nitrogen and oxygen atoms in total. The van der Waals surface area contributed by atoms with Crippen LogP contribution in [-0.4, -0.2) is 47.8 Å². The lowest BCUT2D eigenvalue weighted by Crippen LogP contribution is -2.54. The molecular formula is C18H26N2O2. The average Bonchev–Trinajstić information content (AvgIpc) is 2.55. The summed E-state index contributed by atoms with van der Waals surface area (Å²) in [6.07, 6.45) is 1.47. The largest absolute Gasteiger partial charge is 0.339 e. The van der Waals surface area contributed by atoms with Crippen molar-refractivity contribution in [2.24, 2.45) is 0 Å². The van der Waals surface area contributed by atoms with E-state index in [1.165, 1.54) is 0 Å². The van der Waals surface area contributed by atoms with Crippen molar-refractivity contribution < 1.29 is 9.59 Å². The SMILES string of the molecule is CCCC(=O)N1CCN(C(=O)C(C)(C)c2ccccc2)CC1. The quantitative estimate of drug-likeness (QED) is 0.857. The molecule has 1 heterocycles. The van der Waals surface area contributed by atoms with Crippen LogP contribution in [0.15, 0.2) is 30.3 Å². The standard InChI is InChI=1S/C18H26N2O2/c1-4-8-16(21)19-11-13-20(14-12-19)17(22)18(2,3)15-9-6-5-7-10-15/h5-7,9-10H,4,8,11-14H2,1-3H3. The lowest BCUT2D eigenvalue weighted by atomic mass is 9.83. The van der Waals surface area contributed by atoms with Gasteiger partial charge in [0, 0.05) is 32.6 Å². The molecule has 0 bridgehead atoms. The highest BCUT2D eigenvalue weighted by Gasteiger charge is 2.35. The van der Waals surface area contributed by atoms with E-state index < -0.39 is 5.41 Å². The Bertz CT molecular complexity index is 517. The van der Waals surface area contributed by atoms with Gasteiger partial charge >= 0.3 is 0 Å². The first-order valence-corrected chi connectivity index (χ1v) is 8.09. The summed E-state index contributed by atoms with van der Waals surface area (Å²) in [5, 5.41) is 0. The monoisotopic (exact) mass is 302 g/mol. The molecule has 120 valence electrons. The normalized spacial score (nSPS) is 15.8. The summed E-state index contributed by atoms with van der Waals surface area (Å²) in [5.74, 6) is 0.346. The van der Waals surface area contributed by atoms with Crippen LogP contribution in [0.5, 0.6) is 0 Å². The number of benzene rings is 1. The summed E-state index contributed by atoms with van der Waals surface area (Å²) in [5.41, 5.74) is 0.501. The van der Waals surface area contributed by atoms with E-state index in [1.54, 1.807) is 0 Å². The van der Waals surface area contributed by atoms with Gasteiger partial charge in [0.15, 0.2) is 0 Å². The highest BCUT2D eigenvalue weighted by atomic mass is 16.2. The third kappa shape index (κ3) is 3.49. The minimum Gasteiger partial charge on any atom is -0.339 e. The van der Waals surface area contributed by atoms with E-state index >= 15 is 0 Å². The van der Waals surface area contributed by atoms with E-state index in [4.69, 9.17) is 0 Å². The van der Waals surface area contributed by atoms with Gasteiger partial charge in [0.05, 0.1) is 5.41 Å². The number of hydrogen-bond donors (Lipinski definition) is 0. The van der Waals surface area contributed by atoms with Crippen LogP contribution in [0, 0.1) is 0 Å². The van der Waals surface area contributed by atoms with Gasteiger partial charge in [-0.25, -0.2) is 0 Å². The lowest BCUT2D eigenvalue weighted by Gasteiger charge is -2.38. The van der Waals surface area contributed by atoms with Crippen molar-refractivity contribution in [3.8, 4) is 0 Å². The highest BCUT2D eigenvalue weighted by Crippen LogP contribution is 2.26. The molecule has 0 aliphatic carbocycles. The first kappa shape index (κ1) is 16.5. The fourth-order valence-electron chi connectivity index (χ4n) is 2.90. The second-order valence-electron chi connectivity index (χ2n) is 6.41. The van der Waals surface area contributed by atoms with Crippen molar-refractivity contribution in [2.45, 2.75) is 39.0 Å². The molecule has 2 rings (SSSR count). The Morgan fingerprint density at radius 1 is 1.00 bits per heavy atom. The number of hydrogen-bond acceptors (Lipinski definition) is 2. The molecule has 0 spiro atoms. The molecular weight excluding hydrogens is 276 g/mol. The van der Waals surface area contributed by atoms with Crippen LogP contribution in [-0.2, 0) is 15.0 Å². The van der Waals surface area contributed by atoms with Crippen LogP contribution in [0.2, 0.25) is 0 Å². The number of nitrogens with zero attached hydrogens (tertiary/aromatic N) is 2. The fourth-order valence-corrected chi connectivity index (χ4v) is 2.90. The van der Waals surface area contributed by atoms with Gasteiger partial charge in [0.25, 0.3) is 0 Å². The average molecular weight is 302 g/mol. The third-order valence-electron chi connectivity index (χ3n) is 4.41. The molecule has 1 aromatic carbocycles. The van der Waals surface area contributed by atoms with Gasteiger partial charge in [0.2, 0.25) is 11.8 Å². The summed E-state index contributed by atoms with van der Waals surface area (Å²) in [7, 11) is 0. The van der Waals surface area contributed by atoms with Crippen LogP contribution >= 0.6 is 0 Å². The number of amides is 2. The molecule has 1 aliphatic rings. The van der Waals surface area contributed by atoms with E-state index in [9.17, 15) is 9.59 Å². The number of carbonyl (C=O) groups is 2. The zero-order valence-electron chi connectivity index (χ0n) is 13.8.